The van der Waals surface area contributed by atoms with Crippen LogP contribution in [0, 0.1) is 5.92 Å². The van der Waals surface area contributed by atoms with Gasteiger partial charge in [-0.25, -0.2) is 0 Å². The van der Waals surface area contributed by atoms with Gasteiger partial charge in [-0.2, -0.15) is 0 Å². The third-order valence-electron chi connectivity index (χ3n) is 6.62. The smallest absolute Gasteiger partial charge is 0.129 e. The Morgan fingerprint density at radius 3 is 2.30 bits per heavy atom. The van der Waals surface area contributed by atoms with Gasteiger partial charge >= 0.3 is 0 Å². The van der Waals surface area contributed by atoms with Crippen LogP contribution in [-0.4, -0.2) is 36.4 Å². The van der Waals surface area contributed by atoms with Gasteiger partial charge in [-0.3, -0.25) is 0 Å². The van der Waals surface area contributed by atoms with E-state index >= 15 is 0 Å². The van der Waals surface area contributed by atoms with E-state index in [-0.39, 0.29) is 0 Å². The van der Waals surface area contributed by atoms with Crippen LogP contribution in [0.1, 0.15) is 83.1 Å². The second kappa shape index (κ2) is 10.3. The zero-order valence-electron chi connectivity index (χ0n) is 17.3. The van der Waals surface area contributed by atoms with Crippen molar-refractivity contribution in [3.05, 3.63) is 29.8 Å². The van der Waals surface area contributed by atoms with Gasteiger partial charge in [0.15, 0.2) is 0 Å². The van der Waals surface area contributed by atoms with Gasteiger partial charge < -0.3 is 14.4 Å². The highest BCUT2D eigenvalue weighted by molar-refractivity contribution is 5.75. The van der Waals surface area contributed by atoms with Crippen molar-refractivity contribution in [2.75, 3.05) is 19.6 Å². The number of nitrogens with zero attached hydrogens (tertiary/aromatic N) is 1. The van der Waals surface area contributed by atoms with Gasteiger partial charge in [0.05, 0.1) is 6.10 Å². The summed E-state index contributed by atoms with van der Waals surface area (Å²) in [6.07, 6.45) is 11.0. The first-order valence-corrected chi connectivity index (χ1v) is 11.1. The lowest BCUT2D eigenvalue weighted by molar-refractivity contribution is -0.117. The lowest BCUT2D eigenvalue weighted by Crippen LogP contribution is -2.33. The van der Waals surface area contributed by atoms with Gasteiger partial charge in [0.1, 0.15) is 11.5 Å². The van der Waals surface area contributed by atoms with Gasteiger partial charge in [0, 0.05) is 6.42 Å². The predicted octanol–water partition coefficient (Wildman–Crippen LogP) is 5.58. The molecule has 0 atom stereocenters. The Balaban J connectivity index is 1.41. The van der Waals surface area contributed by atoms with Crippen LogP contribution in [-0.2, 0) is 4.79 Å². The molecule has 1 saturated heterocycles. The Kier molecular flexibility index (Phi) is 7.75. The normalized spacial score (nSPS) is 24.7. The van der Waals surface area contributed by atoms with Crippen LogP contribution >= 0.6 is 0 Å². The highest BCUT2D eigenvalue weighted by atomic mass is 16.5. The summed E-state index contributed by atoms with van der Waals surface area (Å²) in [5.74, 6) is 2.94. The first-order valence-electron chi connectivity index (χ1n) is 11.1. The van der Waals surface area contributed by atoms with Gasteiger partial charge in [-0.1, -0.05) is 25.5 Å². The minimum absolute atomic E-state index is 0.311. The maximum absolute atomic E-state index is 11.1. The molecule has 1 aromatic rings. The zero-order valence-corrected chi connectivity index (χ0v) is 17.3. The molecule has 0 amide bonds. The second-order valence-corrected chi connectivity index (χ2v) is 8.66. The fourth-order valence-corrected chi connectivity index (χ4v) is 4.71. The molecule has 27 heavy (non-hydrogen) atoms. The Hall–Kier alpha value is -1.35. The van der Waals surface area contributed by atoms with Crippen LogP contribution in [0.4, 0.5) is 0 Å². The molecule has 0 N–H and O–H groups in total. The molecule has 1 aromatic carbocycles. The van der Waals surface area contributed by atoms with E-state index in [1.165, 1.54) is 50.5 Å². The first kappa shape index (κ1) is 20.4. The second-order valence-electron chi connectivity index (χ2n) is 8.66. The maximum Gasteiger partial charge on any atom is 0.129 e. The Labute approximate surface area is 165 Å². The summed E-state index contributed by atoms with van der Waals surface area (Å²) in [5.41, 5.74) is 1.46. The number of ketones is 1. The van der Waals surface area contributed by atoms with Crippen molar-refractivity contribution in [3.8, 4) is 5.75 Å². The number of likely N-dealkylation sites (tertiary alicyclic amines) is 1. The first-order chi connectivity index (χ1) is 13.1. The number of hydrogen-bond donors (Lipinski definition) is 0. The number of carbonyl (C=O) groups is 1. The Morgan fingerprint density at radius 1 is 1.04 bits per heavy atom. The van der Waals surface area contributed by atoms with Crippen LogP contribution in [0.3, 0.4) is 0 Å². The van der Waals surface area contributed by atoms with Crippen molar-refractivity contribution >= 4 is 5.78 Å². The summed E-state index contributed by atoms with van der Waals surface area (Å²) >= 11 is 0. The standard InChI is InChI=1S/C24H37NO2/c1-3-20-6-10-23(11-7-20)27-24-12-8-21(9-13-24)22-14-17-25(18-15-22)16-4-5-19(2)26/h8-9,12-13,20,22-23H,3-7,10-11,14-18H2,1-2H3. The lowest BCUT2D eigenvalue weighted by atomic mass is 9.86. The fourth-order valence-electron chi connectivity index (χ4n) is 4.71. The number of hydrogen-bond acceptors (Lipinski definition) is 3. The molecule has 1 aliphatic heterocycles. The number of rotatable bonds is 8. The average Bonchev–Trinajstić information content (AvgIpc) is 2.69. The Bertz CT molecular complexity index is 567. The average molecular weight is 372 g/mol. The van der Waals surface area contributed by atoms with Gasteiger partial charge in [-0.05, 0) is 101 Å². The number of Topliss-reactive ketones (excluding diaryl/α,β-unsaturated/α-hetero) is 1. The van der Waals surface area contributed by atoms with E-state index in [0.717, 1.165) is 44.1 Å². The molecule has 150 valence electrons. The van der Waals surface area contributed by atoms with Gasteiger partial charge in [-0.15, -0.1) is 0 Å². The molecule has 1 saturated carbocycles. The molecule has 0 aromatic heterocycles. The molecule has 2 fully saturated rings. The van der Waals surface area contributed by atoms with Crippen LogP contribution < -0.4 is 4.74 Å². The van der Waals surface area contributed by atoms with E-state index in [2.05, 4.69) is 36.1 Å². The summed E-state index contributed by atoms with van der Waals surface area (Å²) in [5, 5.41) is 0. The van der Waals surface area contributed by atoms with Crippen molar-refractivity contribution in [1.29, 1.82) is 0 Å². The number of carbonyl (C=O) groups excluding carboxylic acids is 1. The van der Waals surface area contributed by atoms with Crippen LogP contribution in [0.5, 0.6) is 5.75 Å². The maximum atomic E-state index is 11.1. The molecule has 2 aliphatic rings. The number of piperidine rings is 1. The van der Waals surface area contributed by atoms with Crippen LogP contribution in [0.25, 0.3) is 0 Å². The van der Waals surface area contributed by atoms with E-state index < -0.39 is 0 Å². The topological polar surface area (TPSA) is 29.5 Å². The summed E-state index contributed by atoms with van der Waals surface area (Å²) < 4.78 is 6.24. The SMILES string of the molecule is CCC1CCC(Oc2ccc(C3CCN(CCCC(C)=O)CC3)cc2)CC1. The molecule has 0 spiro atoms. The number of ether oxygens (including phenoxy) is 1. The van der Waals surface area contributed by atoms with Crippen molar-refractivity contribution in [2.24, 2.45) is 5.92 Å². The molecule has 0 radical (unpaired) electrons. The van der Waals surface area contributed by atoms with E-state index in [0.29, 0.717) is 17.8 Å². The van der Waals surface area contributed by atoms with Crippen LogP contribution in [0.15, 0.2) is 24.3 Å². The van der Waals surface area contributed by atoms with Crippen molar-refractivity contribution in [3.63, 3.8) is 0 Å². The van der Waals surface area contributed by atoms with E-state index in [4.69, 9.17) is 4.74 Å². The monoisotopic (exact) mass is 371 g/mol. The van der Waals surface area contributed by atoms with Gasteiger partial charge in [0.2, 0.25) is 0 Å². The summed E-state index contributed by atoms with van der Waals surface area (Å²) in [6.45, 7) is 7.37. The predicted molar refractivity (Wildman–Crippen MR) is 111 cm³/mol. The zero-order chi connectivity index (χ0) is 19.1. The lowest BCUT2D eigenvalue weighted by Gasteiger charge is -2.32. The highest BCUT2D eigenvalue weighted by Crippen LogP contribution is 2.32. The molecular weight excluding hydrogens is 334 g/mol. The molecule has 1 heterocycles. The summed E-state index contributed by atoms with van der Waals surface area (Å²) in [4.78, 5) is 13.6. The molecular formula is C24H37NO2. The summed E-state index contributed by atoms with van der Waals surface area (Å²) in [6, 6.07) is 8.92. The van der Waals surface area contributed by atoms with E-state index in [9.17, 15) is 4.79 Å². The molecule has 3 heteroatoms. The van der Waals surface area contributed by atoms with Crippen LogP contribution in [0.2, 0.25) is 0 Å². The largest absolute Gasteiger partial charge is 0.490 e. The Morgan fingerprint density at radius 2 is 1.70 bits per heavy atom. The van der Waals surface area contributed by atoms with E-state index in [1.807, 2.05) is 0 Å². The third kappa shape index (κ3) is 6.34. The molecule has 0 unspecified atom stereocenters. The third-order valence-corrected chi connectivity index (χ3v) is 6.62. The van der Waals surface area contributed by atoms with E-state index in [1.54, 1.807) is 6.92 Å². The molecule has 0 bridgehead atoms. The minimum atomic E-state index is 0.311. The molecule has 3 rings (SSSR count). The summed E-state index contributed by atoms with van der Waals surface area (Å²) in [7, 11) is 0. The van der Waals surface area contributed by atoms with Crippen molar-refractivity contribution in [1.82, 2.24) is 4.90 Å². The fraction of sp³-hybridized carbons (Fsp3) is 0.708. The quantitative estimate of drug-likeness (QED) is 0.597. The van der Waals surface area contributed by atoms with Crippen molar-refractivity contribution < 1.29 is 9.53 Å². The molecule has 1 aliphatic carbocycles. The molecule has 3 nitrogen and oxygen atoms in total. The number of benzene rings is 1. The minimum Gasteiger partial charge on any atom is -0.490 e. The highest BCUT2D eigenvalue weighted by Gasteiger charge is 2.22. The van der Waals surface area contributed by atoms with Gasteiger partial charge in [0.25, 0.3) is 0 Å². The van der Waals surface area contributed by atoms with Crippen molar-refractivity contribution in [2.45, 2.75) is 83.7 Å².